The first kappa shape index (κ1) is 16.4. The Morgan fingerprint density at radius 1 is 1.21 bits per heavy atom. The van der Waals surface area contributed by atoms with E-state index >= 15 is 0 Å². The minimum absolute atomic E-state index is 0.179. The summed E-state index contributed by atoms with van der Waals surface area (Å²) in [5.74, 6) is 0. The number of nitrogens with zero attached hydrogens (tertiary/aromatic N) is 2. The Hall–Kier alpha value is -1.03. The minimum atomic E-state index is 0.179. The molecule has 1 aliphatic heterocycles. The second-order valence-electron chi connectivity index (χ2n) is 7.52. The lowest BCUT2D eigenvalue weighted by molar-refractivity contribution is 0.217. The van der Waals surface area contributed by atoms with E-state index in [0.29, 0.717) is 16.1 Å². The summed E-state index contributed by atoms with van der Waals surface area (Å²) in [7, 11) is 0. The van der Waals surface area contributed by atoms with E-state index in [1.807, 2.05) is 6.07 Å². The van der Waals surface area contributed by atoms with Gasteiger partial charge in [-0.15, -0.1) is 0 Å². The van der Waals surface area contributed by atoms with Crippen molar-refractivity contribution < 1.29 is 0 Å². The molecule has 0 spiro atoms. The van der Waals surface area contributed by atoms with Crippen molar-refractivity contribution in [2.24, 2.45) is 5.41 Å². The zero-order valence-corrected chi connectivity index (χ0v) is 15.9. The van der Waals surface area contributed by atoms with Crippen LogP contribution in [0.1, 0.15) is 42.8 Å². The van der Waals surface area contributed by atoms with Gasteiger partial charge in [0, 0.05) is 23.1 Å². The summed E-state index contributed by atoms with van der Waals surface area (Å²) in [5.41, 5.74) is 4.01. The third-order valence-electron chi connectivity index (χ3n) is 6.30. The summed E-state index contributed by atoms with van der Waals surface area (Å²) in [4.78, 5) is 0. The molecule has 2 unspecified atom stereocenters. The van der Waals surface area contributed by atoms with Crippen molar-refractivity contribution in [3.05, 3.63) is 51.3 Å². The molecule has 0 bridgehead atoms. The fraction of sp³-hybridized carbons (Fsp3) is 0.526. The first-order valence-electron chi connectivity index (χ1n) is 8.59. The molecule has 24 heavy (non-hydrogen) atoms. The molecule has 2 fully saturated rings. The molecule has 2 aliphatic rings. The van der Waals surface area contributed by atoms with Crippen LogP contribution in [0.4, 0.5) is 0 Å². The molecular formula is C19H23Cl2N3. The lowest BCUT2D eigenvalue weighted by Crippen LogP contribution is -2.42. The Bertz CT molecular complexity index is 800. The lowest BCUT2D eigenvalue weighted by Gasteiger charge is -2.36. The summed E-state index contributed by atoms with van der Waals surface area (Å²) in [6.07, 6.45) is 2.30. The number of halogens is 2. The average molecular weight is 364 g/mol. The Morgan fingerprint density at radius 2 is 2.00 bits per heavy atom. The van der Waals surface area contributed by atoms with Gasteiger partial charge in [0.1, 0.15) is 0 Å². The average Bonchev–Trinajstić information content (AvgIpc) is 3.16. The van der Waals surface area contributed by atoms with E-state index in [4.69, 9.17) is 28.3 Å². The number of hydrogen-bond donors (Lipinski definition) is 1. The standard InChI is InChI=1S/C19H23Cl2N3/c1-12-8-13(2)24(23-12)14(3)19-10-18(19,6-7-22-11-19)15-4-5-16(20)17(21)9-15/h4-5,8-9,14,22H,6-7,10-11H2,1-3H3/t14-,18?,19?/m1/s1. The fourth-order valence-electron chi connectivity index (χ4n) is 4.97. The van der Waals surface area contributed by atoms with Crippen LogP contribution in [0.2, 0.25) is 10.0 Å². The Balaban J connectivity index is 1.76. The molecule has 1 aromatic carbocycles. The molecular weight excluding hydrogens is 341 g/mol. The summed E-state index contributed by atoms with van der Waals surface area (Å²) in [6.45, 7) is 8.59. The maximum atomic E-state index is 6.32. The van der Waals surface area contributed by atoms with Crippen LogP contribution in [0.3, 0.4) is 0 Å². The van der Waals surface area contributed by atoms with Crippen molar-refractivity contribution >= 4 is 23.2 Å². The van der Waals surface area contributed by atoms with Gasteiger partial charge in [0.25, 0.3) is 0 Å². The van der Waals surface area contributed by atoms with E-state index in [1.54, 1.807) is 0 Å². The normalized spacial score (nSPS) is 30.0. The number of nitrogens with one attached hydrogen (secondary N) is 1. The predicted molar refractivity (Wildman–Crippen MR) is 99.1 cm³/mol. The van der Waals surface area contributed by atoms with Gasteiger partial charge in [0.15, 0.2) is 0 Å². The Morgan fingerprint density at radius 3 is 2.67 bits per heavy atom. The molecule has 1 N–H and O–H groups in total. The molecule has 1 aliphatic carbocycles. The monoisotopic (exact) mass is 363 g/mol. The fourth-order valence-corrected chi connectivity index (χ4v) is 5.27. The first-order chi connectivity index (χ1) is 11.4. The van der Waals surface area contributed by atoms with Gasteiger partial charge < -0.3 is 5.32 Å². The van der Waals surface area contributed by atoms with Crippen molar-refractivity contribution in [3.63, 3.8) is 0 Å². The highest BCUT2D eigenvalue weighted by molar-refractivity contribution is 6.42. The molecule has 0 amide bonds. The zero-order valence-electron chi connectivity index (χ0n) is 14.4. The van der Waals surface area contributed by atoms with E-state index < -0.39 is 0 Å². The molecule has 3 nitrogen and oxygen atoms in total. The van der Waals surface area contributed by atoms with Gasteiger partial charge in [-0.2, -0.15) is 5.10 Å². The lowest BCUT2D eigenvalue weighted by atomic mass is 9.77. The minimum Gasteiger partial charge on any atom is -0.316 e. The third-order valence-corrected chi connectivity index (χ3v) is 7.04. The van der Waals surface area contributed by atoms with E-state index in [2.05, 4.69) is 49.0 Å². The van der Waals surface area contributed by atoms with Crippen LogP contribution in [0.5, 0.6) is 0 Å². The van der Waals surface area contributed by atoms with E-state index in [0.717, 1.165) is 25.2 Å². The van der Waals surface area contributed by atoms with Crippen molar-refractivity contribution in [1.29, 1.82) is 0 Å². The molecule has 128 valence electrons. The third kappa shape index (κ3) is 2.18. The Kier molecular flexibility index (Phi) is 3.76. The van der Waals surface area contributed by atoms with Crippen molar-refractivity contribution in [2.45, 2.75) is 45.1 Å². The maximum Gasteiger partial charge on any atom is 0.0596 e. The number of fused-ring (bicyclic) bond motifs is 1. The largest absolute Gasteiger partial charge is 0.316 e. The van der Waals surface area contributed by atoms with Crippen LogP contribution in [0, 0.1) is 19.3 Å². The van der Waals surface area contributed by atoms with Gasteiger partial charge >= 0.3 is 0 Å². The topological polar surface area (TPSA) is 29.9 Å². The van der Waals surface area contributed by atoms with Gasteiger partial charge in [-0.1, -0.05) is 29.3 Å². The van der Waals surface area contributed by atoms with Crippen LogP contribution in [0.25, 0.3) is 0 Å². The Labute approximate surface area is 153 Å². The summed E-state index contributed by atoms with van der Waals surface area (Å²) in [6, 6.07) is 8.67. The van der Waals surface area contributed by atoms with E-state index in [-0.39, 0.29) is 10.8 Å². The van der Waals surface area contributed by atoms with Gasteiger partial charge in [-0.3, -0.25) is 4.68 Å². The highest BCUT2D eigenvalue weighted by Crippen LogP contribution is 2.72. The molecule has 2 aromatic rings. The van der Waals surface area contributed by atoms with Crippen LogP contribution in [-0.4, -0.2) is 22.9 Å². The molecule has 2 heterocycles. The number of benzene rings is 1. The zero-order chi connectivity index (χ0) is 17.1. The summed E-state index contributed by atoms with van der Waals surface area (Å²) < 4.78 is 2.21. The van der Waals surface area contributed by atoms with Crippen LogP contribution in [-0.2, 0) is 5.41 Å². The highest BCUT2D eigenvalue weighted by atomic mass is 35.5. The van der Waals surface area contributed by atoms with Crippen molar-refractivity contribution in [3.8, 4) is 0 Å². The molecule has 1 saturated heterocycles. The first-order valence-corrected chi connectivity index (χ1v) is 9.34. The molecule has 5 heteroatoms. The number of piperidine rings is 1. The maximum absolute atomic E-state index is 6.32. The second kappa shape index (κ2) is 5.48. The van der Waals surface area contributed by atoms with Gasteiger partial charge in [-0.25, -0.2) is 0 Å². The molecule has 0 radical (unpaired) electrons. The second-order valence-corrected chi connectivity index (χ2v) is 8.33. The summed E-state index contributed by atoms with van der Waals surface area (Å²) >= 11 is 12.5. The van der Waals surface area contributed by atoms with E-state index in [1.165, 1.54) is 17.7 Å². The molecule has 1 aromatic heterocycles. The summed E-state index contributed by atoms with van der Waals surface area (Å²) in [5, 5.41) is 9.65. The SMILES string of the molecule is Cc1cc(C)n([C@H](C)C23CNCCC2(c2ccc(Cl)c(Cl)c2)C3)n1. The highest BCUT2D eigenvalue weighted by Gasteiger charge is 2.71. The van der Waals surface area contributed by atoms with Crippen LogP contribution in [0.15, 0.2) is 24.3 Å². The van der Waals surface area contributed by atoms with Gasteiger partial charge in [-0.05, 0) is 63.9 Å². The smallest absolute Gasteiger partial charge is 0.0596 e. The predicted octanol–water partition coefficient (Wildman–Crippen LogP) is 4.69. The van der Waals surface area contributed by atoms with Gasteiger partial charge in [0.05, 0.1) is 21.8 Å². The number of rotatable bonds is 3. The number of aryl methyl sites for hydroxylation is 2. The number of aromatic nitrogens is 2. The van der Waals surface area contributed by atoms with E-state index in [9.17, 15) is 0 Å². The van der Waals surface area contributed by atoms with Crippen molar-refractivity contribution in [1.82, 2.24) is 15.1 Å². The number of hydrogen-bond acceptors (Lipinski definition) is 2. The molecule has 3 atom stereocenters. The van der Waals surface area contributed by atoms with Crippen LogP contribution >= 0.6 is 23.2 Å². The molecule has 1 saturated carbocycles. The quantitative estimate of drug-likeness (QED) is 0.856. The van der Waals surface area contributed by atoms with Gasteiger partial charge in [0.2, 0.25) is 0 Å². The molecule has 4 rings (SSSR count). The van der Waals surface area contributed by atoms with Crippen LogP contribution < -0.4 is 5.32 Å². The van der Waals surface area contributed by atoms with Crippen molar-refractivity contribution in [2.75, 3.05) is 13.1 Å².